The summed E-state index contributed by atoms with van der Waals surface area (Å²) in [4.78, 5) is 44.1. The van der Waals surface area contributed by atoms with Crippen LogP contribution in [0.5, 0.6) is 0 Å². The van der Waals surface area contributed by atoms with E-state index in [4.69, 9.17) is 14.6 Å². The van der Waals surface area contributed by atoms with Crippen LogP contribution >= 0.6 is 0 Å². The van der Waals surface area contributed by atoms with Crippen LogP contribution in [0.15, 0.2) is 0 Å². The van der Waals surface area contributed by atoms with Crippen molar-refractivity contribution in [1.82, 2.24) is 0 Å². The minimum atomic E-state index is -1.18. The number of carboxylic acid groups (broad SMARTS) is 1. The van der Waals surface area contributed by atoms with Gasteiger partial charge in [-0.3, -0.25) is 19.2 Å². The Hall–Kier alpha value is -2.12. The van der Waals surface area contributed by atoms with E-state index in [2.05, 4.69) is 4.74 Å². The molecule has 0 aromatic rings. The number of hydrogen-bond donors (Lipinski definition) is 1. The Morgan fingerprint density at radius 3 is 1.21 bits per heavy atom. The van der Waals surface area contributed by atoms with Gasteiger partial charge in [0.15, 0.2) is 10.8 Å². The number of hydrogen-bond acceptors (Lipinski definition) is 7. The smallest absolute Gasteiger partial charge is 0.323 e. The fourth-order valence-electron chi connectivity index (χ4n) is 2.05. The summed E-state index contributed by atoms with van der Waals surface area (Å²) >= 11 is 0. The van der Waals surface area contributed by atoms with E-state index in [0.29, 0.717) is 38.9 Å². The Labute approximate surface area is 140 Å². The van der Waals surface area contributed by atoms with Gasteiger partial charge in [-0.25, -0.2) is 0 Å². The van der Waals surface area contributed by atoms with Crippen LogP contribution in [-0.2, 0) is 33.4 Å². The summed E-state index contributed by atoms with van der Waals surface area (Å²) in [5.41, 5.74) is -2.14. The summed E-state index contributed by atoms with van der Waals surface area (Å²) < 4.78 is 14.2. The fourth-order valence-corrected chi connectivity index (χ4v) is 2.05. The molecule has 0 amide bonds. The topological polar surface area (TPSA) is 116 Å². The van der Waals surface area contributed by atoms with E-state index in [9.17, 15) is 19.2 Å². The summed E-state index contributed by atoms with van der Waals surface area (Å²) in [6.45, 7) is 5.96. The third-order valence-electron chi connectivity index (χ3n) is 3.91. The molecule has 0 radical (unpaired) electrons. The summed E-state index contributed by atoms with van der Waals surface area (Å²) in [5, 5.41) is 8.60. The number of ether oxygens (including phenoxy) is 3. The monoisotopic (exact) mass is 344 g/mol. The minimum absolute atomic E-state index is 0.244. The zero-order chi connectivity index (χ0) is 18.4. The molecule has 1 N–H and O–H groups in total. The van der Waals surface area contributed by atoms with Crippen LogP contribution in [-0.4, -0.2) is 48.8 Å². The van der Waals surface area contributed by atoms with Crippen LogP contribution in [0, 0.1) is 10.8 Å². The van der Waals surface area contributed by atoms with Gasteiger partial charge in [0.05, 0.1) is 19.8 Å². The van der Waals surface area contributed by atoms with Gasteiger partial charge < -0.3 is 19.3 Å². The molecule has 0 atom stereocenters. The molecule has 2 aliphatic carbocycles. The standard InChI is InChI=1S/C9H14O4.C7H10O4/c1-3-12-7(10)9(5-6-9)8(11)13-4-2;1-2-11-6(10)7(3-4-7)5(8)9/h3-6H2,1-2H3;2-4H2,1H3,(H,8,9). The van der Waals surface area contributed by atoms with E-state index < -0.39 is 34.7 Å². The van der Waals surface area contributed by atoms with Crippen LogP contribution < -0.4 is 0 Å². The van der Waals surface area contributed by atoms with E-state index in [1.807, 2.05) is 0 Å². The summed E-state index contributed by atoms with van der Waals surface area (Å²) in [6, 6.07) is 0. The highest BCUT2D eigenvalue weighted by Crippen LogP contribution is 2.48. The second-order valence-electron chi connectivity index (χ2n) is 5.63. The molecule has 136 valence electrons. The number of carboxylic acids is 1. The van der Waals surface area contributed by atoms with Crippen molar-refractivity contribution in [2.24, 2.45) is 10.8 Å². The molecular formula is C16H24O8. The van der Waals surface area contributed by atoms with E-state index in [-0.39, 0.29) is 6.61 Å². The number of aliphatic carboxylic acids is 1. The summed E-state index contributed by atoms with van der Waals surface area (Å²) in [5.74, 6) is -2.52. The highest BCUT2D eigenvalue weighted by Gasteiger charge is 2.59. The Bertz CT molecular complexity index is 482. The van der Waals surface area contributed by atoms with Crippen molar-refractivity contribution in [2.75, 3.05) is 19.8 Å². The third-order valence-corrected chi connectivity index (χ3v) is 3.91. The van der Waals surface area contributed by atoms with Crippen molar-refractivity contribution in [3.8, 4) is 0 Å². The van der Waals surface area contributed by atoms with Crippen LogP contribution in [0.1, 0.15) is 46.5 Å². The first kappa shape index (κ1) is 19.9. The Morgan fingerprint density at radius 2 is 1.00 bits per heavy atom. The molecule has 2 aliphatic rings. The molecule has 0 aromatic heterocycles. The summed E-state index contributed by atoms with van der Waals surface area (Å²) in [7, 11) is 0. The first-order valence-corrected chi connectivity index (χ1v) is 8.05. The third kappa shape index (κ3) is 4.24. The lowest BCUT2D eigenvalue weighted by atomic mass is 10.1. The van der Waals surface area contributed by atoms with E-state index >= 15 is 0 Å². The average Bonchev–Trinajstić information content (AvgIpc) is 3.40. The second kappa shape index (κ2) is 8.12. The van der Waals surface area contributed by atoms with Crippen LogP contribution in [0.2, 0.25) is 0 Å². The van der Waals surface area contributed by atoms with E-state index in [0.717, 1.165) is 0 Å². The quantitative estimate of drug-likeness (QED) is 0.417. The molecule has 2 rings (SSSR count). The minimum Gasteiger partial charge on any atom is -0.480 e. The Morgan fingerprint density at radius 1 is 0.708 bits per heavy atom. The van der Waals surface area contributed by atoms with Crippen molar-refractivity contribution in [2.45, 2.75) is 46.5 Å². The molecule has 8 heteroatoms. The number of carbonyl (C=O) groups excluding carboxylic acids is 3. The van der Waals surface area contributed by atoms with Gasteiger partial charge in [0.25, 0.3) is 0 Å². The molecule has 0 saturated heterocycles. The zero-order valence-electron chi connectivity index (χ0n) is 14.3. The fraction of sp³-hybridized carbons (Fsp3) is 0.750. The van der Waals surface area contributed by atoms with Gasteiger partial charge in [-0.05, 0) is 46.5 Å². The number of carbonyl (C=O) groups is 4. The van der Waals surface area contributed by atoms with Gasteiger partial charge in [-0.2, -0.15) is 0 Å². The van der Waals surface area contributed by atoms with Gasteiger partial charge >= 0.3 is 23.9 Å². The molecule has 8 nitrogen and oxygen atoms in total. The molecule has 0 aromatic carbocycles. The Kier molecular flexibility index (Phi) is 6.74. The van der Waals surface area contributed by atoms with Crippen molar-refractivity contribution in [1.29, 1.82) is 0 Å². The van der Waals surface area contributed by atoms with Crippen LogP contribution in [0.3, 0.4) is 0 Å². The molecule has 0 aliphatic heterocycles. The Balaban J connectivity index is 0.000000243. The first-order valence-electron chi connectivity index (χ1n) is 8.05. The molecule has 2 saturated carbocycles. The predicted octanol–water partition coefficient (Wildman–Crippen LogP) is 1.31. The lowest BCUT2D eigenvalue weighted by Crippen LogP contribution is -2.29. The number of rotatable bonds is 7. The maximum Gasteiger partial charge on any atom is 0.323 e. The van der Waals surface area contributed by atoms with E-state index in [1.54, 1.807) is 20.8 Å². The zero-order valence-corrected chi connectivity index (χ0v) is 14.3. The van der Waals surface area contributed by atoms with Gasteiger partial charge in [-0.1, -0.05) is 0 Å². The molecule has 0 bridgehead atoms. The maximum atomic E-state index is 11.3. The van der Waals surface area contributed by atoms with Gasteiger partial charge in [0.1, 0.15) is 0 Å². The SMILES string of the molecule is CCOC(=O)C1(C(=O)O)CC1.CCOC(=O)C1(C(=O)OCC)CC1. The molecule has 24 heavy (non-hydrogen) atoms. The lowest BCUT2D eigenvalue weighted by Gasteiger charge is -2.11. The van der Waals surface area contributed by atoms with Crippen molar-refractivity contribution < 1.29 is 38.5 Å². The molecule has 2 fully saturated rings. The van der Waals surface area contributed by atoms with Gasteiger partial charge in [-0.15, -0.1) is 0 Å². The first-order chi connectivity index (χ1) is 11.3. The maximum absolute atomic E-state index is 11.3. The average molecular weight is 344 g/mol. The van der Waals surface area contributed by atoms with Gasteiger partial charge in [0.2, 0.25) is 0 Å². The number of esters is 3. The molecular weight excluding hydrogens is 320 g/mol. The van der Waals surface area contributed by atoms with Crippen molar-refractivity contribution in [3.05, 3.63) is 0 Å². The summed E-state index contributed by atoms with van der Waals surface area (Å²) in [6.07, 6.45) is 1.96. The largest absolute Gasteiger partial charge is 0.480 e. The van der Waals surface area contributed by atoms with Crippen molar-refractivity contribution in [3.63, 3.8) is 0 Å². The van der Waals surface area contributed by atoms with Crippen LogP contribution in [0.25, 0.3) is 0 Å². The van der Waals surface area contributed by atoms with Gasteiger partial charge in [0, 0.05) is 0 Å². The molecule has 0 heterocycles. The van der Waals surface area contributed by atoms with E-state index in [1.165, 1.54) is 0 Å². The highest BCUT2D eigenvalue weighted by molar-refractivity contribution is 6.03. The highest BCUT2D eigenvalue weighted by atomic mass is 16.6. The van der Waals surface area contributed by atoms with Crippen molar-refractivity contribution >= 4 is 23.9 Å². The van der Waals surface area contributed by atoms with Crippen LogP contribution in [0.4, 0.5) is 0 Å². The lowest BCUT2D eigenvalue weighted by molar-refractivity contribution is -0.164. The second-order valence-corrected chi connectivity index (χ2v) is 5.63. The normalized spacial score (nSPS) is 18.3. The predicted molar refractivity (Wildman–Crippen MR) is 80.9 cm³/mol. The molecule has 0 spiro atoms. The molecule has 0 unspecified atom stereocenters.